The van der Waals surface area contributed by atoms with Gasteiger partial charge in [0.1, 0.15) is 0 Å². The van der Waals surface area contributed by atoms with Gasteiger partial charge in [-0.15, -0.1) is 0 Å². The highest BCUT2D eigenvalue weighted by Gasteiger charge is 2.12. The van der Waals surface area contributed by atoms with E-state index in [1.54, 1.807) is 13.0 Å². The second kappa shape index (κ2) is 8.33. The maximum Gasteiger partial charge on any atom is 0.271 e. The van der Waals surface area contributed by atoms with E-state index in [-0.39, 0.29) is 24.6 Å². The number of likely N-dealkylation sites (N-methyl/N-ethyl adjacent to an activating group) is 1. The van der Waals surface area contributed by atoms with Crippen molar-refractivity contribution in [3.05, 3.63) is 33.9 Å². The monoisotopic (exact) mass is 295 g/mol. The van der Waals surface area contributed by atoms with Gasteiger partial charge in [-0.05, 0) is 19.0 Å². The first kappa shape index (κ1) is 17.1. The number of nitro benzene ring substituents is 1. The summed E-state index contributed by atoms with van der Waals surface area (Å²) in [5, 5.41) is 22.3. The number of anilines is 1. The zero-order valence-electron chi connectivity index (χ0n) is 12.3. The minimum atomic E-state index is -0.491. The van der Waals surface area contributed by atoms with E-state index in [0.29, 0.717) is 18.8 Å². The summed E-state index contributed by atoms with van der Waals surface area (Å²) >= 11 is 0. The molecular formula is C14H21N3O4. The Bertz CT molecular complexity index is 505. The molecule has 0 radical (unpaired) electrons. The molecule has 0 unspecified atom stereocenters. The molecule has 1 rings (SSSR count). The van der Waals surface area contributed by atoms with Crippen molar-refractivity contribution in [2.45, 2.75) is 20.3 Å². The summed E-state index contributed by atoms with van der Waals surface area (Å²) < 4.78 is 0. The molecule has 21 heavy (non-hydrogen) atoms. The number of aliphatic hydroxyl groups is 1. The number of rotatable bonds is 8. The summed E-state index contributed by atoms with van der Waals surface area (Å²) in [5.41, 5.74) is 1.18. The first-order chi connectivity index (χ1) is 9.97. The number of non-ortho nitro benzene ring substituents is 1. The number of nitrogens with zero attached hydrogens (tertiary/aromatic N) is 2. The average molecular weight is 295 g/mol. The second-order valence-corrected chi connectivity index (χ2v) is 4.71. The maximum atomic E-state index is 11.9. The Hall–Kier alpha value is -1.99. The van der Waals surface area contributed by atoms with Crippen LogP contribution in [-0.2, 0) is 4.79 Å². The van der Waals surface area contributed by atoms with Crippen LogP contribution in [0.2, 0.25) is 0 Å². The fourth-order valence-corrected chi connectivity index (χ4v) is 1.90. The van der Waals surface area contributed by atoms with Gasteiger partial charge in [0.2, 0.25) is 5.91 Å². The van der Waals surface area contributed by atoms with E-state index < -0.39 is 4.92 Å². The molecule has 2 N–H and O–H groups in total. The Morgan fingerprint density at radius 3 is 2.71 bits per heavy atom. The molecule has 1 aromatic rings. The SMILES string of the molecule is CCN(CCO)CCC(=O)Nc1cc([N+](=O)[O-])ccc1C. The Labute approximate surface area is 123 Å². The number of aliphatic hydroxyl groups excluding tert-OH is 1. The van der Waals surface area contributed by atoms with Crippen molar-refractivity contribution in [1.29, 1.82) is 0 Å². The minimum absolute atomic E-state index is 0.0497. The Morgan fingerprint density at radius 1 is 1.43 bits per heavy atom. The molecule has 0 saturated heterocycles. The van der Waals surface area contributed by atoms with Crippen LogP contribution in [0.5, 0.6) is 0 Å². The summed E-state index contributed by atoms with van der Waals surface area (Å²) in [5.74, 6) is -0.199. The topological polar surface area (TPSA) is 95.7 Å². The van der Waals surface area contributed by atoms with Gasteiger partial charge in [-0.1, -0.05) is 13.0 Å². The first-order valence-electron chi connectivity index (χ1n) is 6.86. The lowest BCUT2D eigenvalue weighted by molar-refractivity contribution is -0.384. The highest BCUT2D eigenvalue weighted by molar-refractivity contribution is 5.92. The van der Waals surface area contributed by atoms with E-state index in [2.05, 4.69) is 5.32 Å². The summed E-state index contributed by atoms with van der Waals surface area (Å²) in [6.07, 6.45) is 0.274. The molecular weight excluding hydrogens is 274 g/mol. The summed E-state index contributed by atoms with van der Waals surface area (Å²) in [7, 11) is 0. The lowest BCUT2D eigenvalue weighted by atomic mass is 10.1. The number of nitrogens with one attached hydrogen (secondary N) is 1. The molecule has 0 heterocycles. The number of nitro groups is 1. The predicted octanol–water partition coefficient (Wildman–Crippen LogP) is 1.55. The Kier molecular flexibility index (Phi) is 6.77. The third-order valence-electron chi connectivity index (χ3n) is 3.22. The molecule has 0 aliphatic carbocycles. The lowest BCUT2D eigenvalue weighted by Crippen LogP contribution is -2.30. The third-order valence-corrected chi connectivity index (χ3v) is 3.22. The van der Waals surface area contributed by atoms with Gasteiger partial charge < -0.3 is 15.3 Å². The number of aryl methyl sites for hydroxylation is 1. The van der Waals surface area contributed by atoms with Crippen LogP contribution in [0.25, 0.3) is 0 Å². The largest absolute Gasteiger partial charge is 0.395 e. The molecule has 7 heteroatoms. The van der Waals surface area contributed by atoms with Gasteiger partial charge in [0.15, 0.2) is 0 Å². The van der Waals surface area contributed by atoms with Crippen LogP contribution in [0.3, 0.4) is 0 Å². The quantitative estimate of drug-likeness (QED) is 0.560. The van der Waals surface area contributed by atoms with Crippen molar-refractivity contribution >= 4 is 17.3 Å². The van der Waals surface area contributed by atoms with Crippen LogP contribution in [-0.4, -0.2) is 47.1 Å². The van der Waals surface area contributed by atoms with Gasteiger partial charge in [0, 0.05) is 31.6 Å². The fraction of sp³-hybridized carbons (Fsp3) is 0.500. The fourth-order valence-electron chi connectivity index (χ4n) is 1.90. The van der Waals surface area contributed by atoms with Crippen molar-refractivity contribution in [2.24, 2.45) is 0 Å². The van der Waals surface area contributed by atoms with Crippen LogP contribution >= 0.6 is 0 Å². The Balaban J connectivity index is 2.62. The molecule has 0 aromatic heterocycles. The number of carbonyl (C=O) groups excluding carboxylic acids is 1. The van der Waals surface area contributed by atoms with E-state index in [1.165, 1.54) is 12.1 Å². The number of amides is 1. The predicted molar refractivity (Wildman–Crippen MR) is 80.3 cm³/mol. The van der Waals surface area contributed by atoms with Crippen molar-refractivity contribution in [3.8, 4) is 0 Å². The molecule has 1 aromatic carbocycles. The maximum absolute atomic E-state index is 11.9. The van der Waals surface area contributed by atoms with Gasteiger partial charge in [0.25, 0.3) is 5.69 Å². The van der Waals surface area contributed by atoms with Crippen molar-refractivity contribution in [2.75, 3.05) is 31.6 Å². The van der Waals surface area contributed by atoms with Gasteiger partial charge in [-0.3, -0.25) is 14.9 Å². The molecule has 0 saturated carbocycles. The van der Waals surface area contributed by atoms with Crippen molar-refractivity contribution < 1.29 is 14.8 Å². The smallest absolute Gasteiger partial charge is 0.271 e. The first-order valence-corrected chi connectivity index (χ1v) is 6.86. The normalized spacial score (nSPS) is 10.7. The number of hydrogen-bond donors (Lipinski definition) is 2. The van der Waals surface area contributed by atoms with Crippen molar-refractivity contribution in [1.82, 2.24) is 4.90 Å². The van der Waals surface area contributed by atoms with E-state index in [1.807, 2.05) is 11.8 Å². The van der Waals surface area contributed by atoms with E-state index in [4.69, 9.17) is 5.11 Å². The number of benzene rings is 1. The third kappa shape index (κ3) is 5.49. The zero-order chi connectivity index (χ0) is 15.8. The molecule has 0 bridgehead atoms. The molecule has 0 spiro atoms. The Morgan fingerprint density at radius 2 is 2.14 bits per heavy atom. The second-order valence-electron chi connectivity index (χ2n) is 4.71. The molecule has 0 aliphatic rings. The highest BCUT2D eigenvalue weighted by atomic mass is 16.6. The van der Waals surface area contributed by atoms with Gasteiger partial charge in [0.05, 0.1) is 17.2 Å². The van der Waals surface area contributed by atoms with E-state index in [9.17, 15) is 14.9 Å². The van der Waals surface area contributed by atoms with Crippen molar-refractivity contribution in [3.63, 3.8) is 0 Å². The zero-order valence-corrected chi connectivity index (χ0v) is 12.3. The summed E-state index contributed by atoms with van der Waals surface area (Å²) in [6.45, 7) is 5.61. The van der Waals surface area contributed by atoms with Crippen LogP contribution < -0.4 is 5.32 Å². The van der Waals surface area contributed by atoms with E-state index in [0.717, 1.165) is 12.1 Å². The van der Waals surface area contributed by atoms with E-state index >= 15 is 0 Å². The summed E-state index contributed by atoms with van der Waals surface area (Å²) in [6, 6.07) is 4.38. The van der Waals surface area contributed by atoms with Gasteiger partial charge >= 0.3 is 0 Å². The highest BCUT2D eigenvalue weighted by Crippen LogP contribution is 2.21. The van der Waals surface area contributed by atoms with Gasteiger partial charge in [-0.2, -0.15) is 0 Å². The molecule has 116 valence electrons. The molecule has 1 amide bonds. The van der Waals surface area contributed by atoms with Crippen LogP contribution in [0, 0.1) is 17.0 Å². The van der Waals surface area contributed by atoms with Crippen LogP contribution in [0.4, 0.5) is 11.4 Å². The minimum Gasteiger partial charge on any atom is -0.395 e. The average Bonchev–Trinajstić information content (AvgIpc) is 2.45. The number of hydrogen-bond acceptors (Lipinski definition) is 5. The van der Waals surface area contributed by atoms with Crippen LogP contribution in [0.1, 0.15) is 18.9 Å². The summed E-state index contributed by atoms with van der Waals surface area (Å²) in [4.78, 5) is 24.1. The van der Waals surface area contributed by atoms with Crippen LogP contribution in [0.15, 0.2) is 18.2 Å². The lowest BCUT2D eigenvalue weighted by Gasteiger charge is -2.18. The van der Waals surface area contributed by atoms with Gasteiger partial charge in [-0.25, -0.2) is 0 Å². The number of carbonyl (C=O) groups is 1. The molecule has 7 nitrogen and oxygen atoms in total. The molecule has 0 aliphatic heterocycles. The molecule has 0 fully saturated rings. The molecule has 0 atom stereocenters. The standard InChI is InChI=1S/C14H21N3O4/c1-3-16(8-9-18)7-6-14(19)15-13-10-12(17(20)21)5-4-11(13)2/h4-5,10,18H,3,6-9H2,1-2H3,(H,15,19).